The number of alkyl halides is 1. The Labute approximate surface area is 325 Å². The Kier molecular flexibility index (Phi) is 11.5. The zero-order chi connectivity index (χ0) is 39.8. The average molecular weight is 796 g/mol. The quantitative estimate of drug-likeness (QED) is 0.152. The Morgan fingerprint density at radius 1 is 0.946 bits per heavy atom. The van der Waals surface area contributed by atoms with Crippen LogP contribution < -0.4 is 9.62 Å². The van der Waals surface area contributed by atoms with Gasteiger partial charge in [0.05, 0.1) is 17.8 Å². The van der Waals surface area contributed by atoms with Gasteiger partial charge in [-0.2, -0.15) is 12.7 Å². The number of rotatable bonds is 10. The van der Waals surface area contributed by atoms with Crippen LogP contribution in [0.15, 0.2) is 54.9 Å². The molecule has 1 atom stereocenters. The van der Waals surface area contributed by atoms with Crippen molar-refractivity contribution < 1.29 is 35.9 Å². The molecule has 3 aliphatic heterocycles. The molecule has 0 aliphatic carbocycles. The van der Waals surface area contributed by atoms with E-state index >= 15 is 8.78 Å². The maximum absolute atomic E-state index is 15.7. The van der Waals surface area contributed by atoms with Gasteiger partial charge in [0.2, 0.25) is 5.78 Å². The van der Waals surface area contributed by atoms with Crippen LogP contribution in [0.2, 0.25) is 0 Å². The first-order valence-electron chi connectivity index (χ1n) is 19.1. The number of pyridine rings is 1. The molecular weight excluding hydrogens is 748 g/mol. The van der Waals surface area contributed by atoms with E-state index < -0.39 is 50.7 Å². The van der Waals surface area contributed by atoms with Crippen LogP contribution in [0.25, 0.3) is 22.2 Å². The van der Waals surface area contributed by atoms with E-state index in [9.17, 15) is 22.4 Å². The van der Waals surface area contributed by atoms with Gasteiger partial charge in [0.15, 0.2) is 5.82 Å². The summed E-state index contributed by atoms with van der Waals surface area (Å²) in [5, 5.41) is 0.343. The van der Waals surface area contributed by atoms with E-state index in [2.05, 4.69) is 36.8 Å². The lowest BCUT2D eigenvalue weighted by Gasteiger charge is -2.39. The number of ether oxygens (including phenoxy) is 1. The normalized spacial score (nSPS) is 19.7. The molecule has 0 amide bonds. The summed E-state index contributed by atoms with van der Waals surface area (Å²) in [6, 6.07) is 12.0. The van der Waals surface area contributed by atoms with Gasteiger partial charge in [-0.3, -0.25) is 24.1 Å². The molecule has 56 heavy (non-hydrogen) atoms. The van der Waals surface area contributed by atoms with Crippen molar-refractivity contribution in [1.29, 1.82) is 0 Å². The Morgan fingerprint density at radius 3 is 2.39 bits per heavy atom. The van der Waals surface area contributed by atoms with Crippen LogP contribution in [0.1, 0.15) is 62.4 Å². The molecule has 0 unspecified atom stereocenters. The second-order valence-electron chi connectivity index (χ2n) is 15.8. The maximum Gasteiger partial charge on any atom is 0.320 e. The minimum absolute atomic E-state index is 0.0109. The number of esters is 1. The highest BCUT2D eigenvalue weighted by Crippen LogP contribution is 2.32. The molecule has 7 rings (SSSR count). The van der Waals surface area contributed by atoms with Crippen LogP contribution in [0, 0.1) is 11.6 Å². The van der Waals surface area contributed by atoms with Crippen molar-refractivity contribution in [3.8, 4) is 11.1 Å². The van der Waals surface area contributed by atoms with Crippen LogP contribution in [0.3, 0.4) is 0 Å². The molecule has 4 aromatic rings. The number of H-pyrrole nitrogens is 1. The smallest absolute Gasteiger partial charge is 0.320 e. The highest BCUT2D eigenvalue weighted by Gasteiger charge is 2.33. The minimum atomic E-state index is -4.34. The van der Waals surface area contributed by atoms with E-state index in [0.717, 1.165) is 86.2 Å². The monoisotopic (exact) mass is 795 g/mol. The van der Waals surface area contributed by atoms with Gasteiger partial charge < -0.3 is 14.6 Å². The third-order valence-electron chi connectivity index (χ3n) is 10.7. The number of carbonyl (C=O) groups is 2. The Bertz CT molecular complexity index is 2190. The number of hydrogen-bond donors (Lipinski definition) is 2. The van der Waals surface area contributed by atoms with Crippen molar-refractivity contribution in [3.63, 3.8) is 0 Å². The van der Waals surface area contributed by atoms with E-state index in [1.807, 2.05) is 37.6 Å². The van der Waals surface area contributed by atoms with E-state index in [0.29, 0.717) is 29.2 Å². The molecule has 3 aliphatic rings. The molecule has 2 aromatic carbocycles. The Balaban J connectivity index is 0.993. The van der Waals surface area contributed by atoms with E-state index in [-0.39, 0.29) is 31.0 Å². The molecule has 16 heteroatoms. The van der Waals surface area contributed by atoms with Crippen LogP contribution >= 0.6 is 0 Å². The number of anilines is 2. The van der Waals surface area contributed by atoms with Crippen LogP contribution in [0.5, 0.6) is 0 Å². The molecule has 3 saturated heterocycles. The van der Waals surface area contributed by atoms with Crippen molar-refractivity contribution >= 4 is 44.4 Å². The second-order valence-corrected chi connectivity index (χ2v) is 17.5. The fraction of sp³-hybridized carbons (Fsp3) is 0.475. The zero-order valence-electron chi connectivity index (χ0n) is 31.9. The molecule has 0 saturated carbocycles. The lowest BCUT2D eigenvalue weighted by atomic mass is 9.99. The van der Waals surface area contributed by atoms with Gasteiger partial charge >= 0.3 is 16.2 Å². The number of benzene rings is 2. The number of ketones is 1. The maximum atomic E-state index is 15.7. The predicted molar refractivity (Wildman–Crippen MR) is 209 cm³/mol. The van der Waals surface area contributed by atoms with Crippen molar-refractivity contribution in [2.45, 2.75) is 64.3 Å². The van der Waals surface area contributed by atoms with Gasteiger partial charge in [-0.05, 0) is 88.9 Å². The van der Waals surface area contributed by atoms with Gasteiger partial charge in [0, 0.05) is 86.4 Å². The highest BCUT2D eigenvalue weighted by molar-refractivity contribution is 7.90. The average Bonchev–Trinajstić information content (AvgIpc) is 3.73. The zero-order valence-corrected chi connectivity index (χ0v) is 32.7. The van der Waals surface area contributed by atoms with E-state index in [1.165, 1.54) is 6.20 Å². The number of carbonyl (C=O) groups excluding carboxylic acids is 2. The first-order chi connectivity index (χ1) is 26.6. The van der Waals surface area contributed by atoms with Crippen LogP contribution in [0.4, 0.5) is 24.5 Å². The van der Waals surface area contributed by atoms with Crippen molar-refractivity contribution in [3.05, 3.63) is 77.6 Å². The third-order valence-corrected chi connectivity index (χ3v) is 12.2. The fourth-order valence-electron chi connectivity index (χ4n) is 7.86. The van der Waals surface area contributed by atoms with Crippen molar-refractivity contribution in [1.82, 2.24) is 24.1 Å². The Hall–Kier alpha value is -4.51. The lowest BCUT2D eigenvalue weighted by Crippen LogP contribution is -2.46. The highest BCUT2D eigenvalue weighted by atomic mass is 32.2. The molecule has 300 valence electrons. The van der Waals surface area contributed by atoms with Crippen LogP contribution in [-0.4, -0.2) is 121 Å². The summed E-state index contributed by atoms with van der Waals surface area (Å²) in [5.41, 5.74) is 0.890. The molecule has 0 spiro atoms. The molecule has 2 N–H and O–H groups in total. The largest absolute Gasteiger partial charge is 0.459 e. The summed E-state index contributed by atoms with van der Waals surface area (Å²) in [4.78, 5) is 40.5. The van der Waals surface area contributed by atoms with Gasteiger partial charge in [-0.15, -0.1) is 0 Å². The number of aromatic nitrogens is 2. The summed E-state index contributed by atoms with van der Waals surface area (Å²) >= 11 is 0. The van der Waals surface area contributed by atoms with Gasteiger partial charge in [0.1, 0.15) is 23.2 Å². The number of halogens is 3. The van der Waals surface area contributed by atoms with Crippen molar-refractivity contribution in [2.24, 2.45) is 0 Å². The van der Waals surface area contributed by atoms with Gasteiger partial charge in [-0.25, -0.2) is 18.2 Å². The van der Waals surface area contributed by atoms with E-state index in [1.54, 1.807) is 12.3 Å². The number of fused-ring (bicyclic) bond motifs is 1. The topological polar surface area (TPSA) is 131 Å². The molecular formula is C40H48F3N7O5S. The van der Waals surface area contributed by atoms with Gasteiger partial charge in [-0.1, -0.05) is 12.1 Å². The third kappa shape index (κ3) is 8.88. The summed E-state index contributed by atoms with van der Waals surface area (Å²) in [7, 11) is -4.34. The number of aromatic amines is 1. The van der Waals surface area contributed by atoms with Crippen LogP contribution in [-0.2, 0) is 19.7 Å². The number of nitrogens with zero attached hydrogens (tertiary/aromatic N) is 5. The Morgan fingerprint density at radius 2 is 1.70 bits per heavy atom. The second kappa shape index (κ2) is 16.2. The molecule has 12 nitrogen and oxygen atoms in total. The predicted octanol–water partition coefficient (Wildman–Crippen LogP) is 5.76. The number of nitrogens with one attached hydrogen (secondary N) is 2. The molecule has 0 radical (unpaired) electrons. The molecule has 3 fully saturated rings. The minimum Gasteiger partial charge on any atom is -0.459 e. The summed E-state index contributed by atoms with van der Waals surface area (Å²) < 4.78 is 78.4. The summed E-state index contributed by atoms with van der Waals surface area (Å²) in [5.74, 6) is -3.71. The standard InChI is InChI=1S/C40H48F3N7O5S/c1-40(2,3)55-35(51)25-47-14-4-15-48(20-19-47)30-12-16-49(17-13-30)29-7-5-26(6-8-29)27-21-31-32(23-45-39(31)44-22-27)38(52)36-33(42)9-10-34(37(36)43)46-56(53,54)50-18-11-28(41)24-50/h5-10,21-23,28,30,46H,4,11-20,24-25H2,1-3H3,(H,44,45)/t28-/m1/s1. The molecule has 2 aromatic heterocycles. The molecule has 5 heterocycles. The summed E-state index contributed by atoms with van der Waals surface area (Å²) in [6.07, 6.45) is 4.73. The fourth-order valence-corrected chi connectivity index (χ4v) is 9.13. The first kappa shape index (κ1) is 39.7. The SMILES string of the molecule is CC(C)(C)OC(=O)CN1CCCN(C2CCN(c3ccc(-c4cnc5[nH]cc(C(=O)c6c(F)ccc(NS(=O)(=O)N7CC[C@@H](F)C7)c6F)c5c4)cc3)CC2)CC1. The first-order valence-corrected chi connectivity index (χ1v) is 20.5. The number of piperidine rings is 1. The van der Waals surface area contributed by atoms with Crippen molar-refractivity contribution in [2.75, 3.05) is 68.5 Å². The lowest BCUT2D eigenvalue weighted by molar-refractivity contribution is -0.156. The molecule has 0 bridgehead atoms. The summed E-state index contributed by atoms with van der Waals surface area (Å²) in [6.45, 7) is 11.0. The van der Waals surface area contributed by atoms with Gasteiger partial charge in [0.25, 0.3) is 0 Å². The van der Waals surface area contributed by atoms with E-state index in [4.69, 9.17) is 4.74 Å². The number of hydrogen-bond acceptors (Lipinski definition) is 9.